The lowest BCUT2D eigenvalue weighted by Gasteiger charge is -2.03. The van der Waals surface area contributed by atoms with Crippen LogP contribution in [-0.2, 0) is 4.79 Å². The molecule has 0 aliphatic carbocycles. The van der Waals surface area contributed by atoms with Gasteiger partial charge in [-0.15, -0.1) is 4.91 Å². The molecule has 0 atom stereocenters. The molecule has 0 radical (unpaired) electrons. The Morgan fingerprint density at radius 3 is 2.25 bits per heavy atom. The van der Waals surface area contributed by atoms with Gasteiger partial charge in [0.1, 0.15) is 5.76 Å². The number of carbonyl (C=O) groups is 1. The summed E-state index contributed by atoms with van der Waals surface area (Å²) in [4.78, 5) is 20.8. The summed E-state index contributed by atoms with van der Waals surface area (Å²) in [6.07, 6.45) is 0.306. The molecule has 1 N–H and O–H groups in total. The van der Waals surface area contributed by atoms with Crippen LogP contribution < -0.4 is 0 Å². The van der Waals surface area contributed by atoms with Crippen molar-refractivity contribution in [3.63, 3.8) is 0 Å². The van der Waals surface area contributed by atoms with Gasteiger partial charge in [-0.3, -0.25) is 4.79 Å². The number of Topliss-reactive ketones (excluding diaryl/α,β-unsaturated/α-hetero) is 1. The van der Waals surface area contributed by atoms with Gasteiger partial charge in [0.05, 0.1) is 0 Å². The van der Waals surface area contributed by atoms with E-state index in [1.807, 2.05) is 13.8 Å². The quantitative estimate of drug-likeness (QED) is 0.400. The number of aliphatic hydroxyl groups excluding tert-OH is 1. The Kier molecular flexibility index (Phi) is 4.18. The summed E-state index contributed by atoms with van der Waals surface area (Å²) in [5, 5.41) is 11.7. The van der Waals surface area contributed by atoms with E-state index in [0.29, 0.717) is 6.42 Å². The second kappa shape index (κ2) is 4.64. The first-order valence-corrected chi connectivity index (χ1v) is 3.75. The maximum atomic E-state index is 10.7. The highest BCUT2D eigenvalue weighted by Crippen LogP contribution is 2.13. The first kappa shape index (κ1) is 10.8. The summed E-state index contributed by atoms with van der Waals surface area (Å²) in [7, 11) is 0. The van der Waals surface area contributed by atoms with E-state index < -0.39 is 5.78 Å². The Morgan fingerprint density at radius 2 is 2.00 bits per heavy atom. The van der Waals surface area contributed by atoms with Gasteiger partial charge in [0.15, 0.2) is 11.5 Å². The molecular formula is C8H13NO3. The fraction of sp³-hybridized carbons (Fsp3) is 0.625. The predicted octanol–water partition coefficient (Wildman–Crippen LogP) is 2.16. The monoisotopic (exact) mass is 171 g/mol. The molecule has 0 rings (SSSR count). The van der Waals surface area contributed by atoms with Gasteiger partial charge in [-0.1, -0.05) is 13.8 Å². The number of allylic oxidation sites excluding steroid dienone is 2. The van der Waals surface area contributed by atoms with Crippen molar-refractivity contribution < 1.29 is 9.90 Å². The van der Waals surface area contributed by atoms with Crippen LogP contribution in [0.25, 0.3) is 0 Å². The Labute approximate surface area is 71.3 Å². The van der Waals surface area contributed by atoms with Gasteiger partial charge in [-0.2, -0.15) is 0 Å². The van der Waals surface area contributed by atoms with Crippen molar-refractivity contribution in [2.45, 2.75) is 27.2 Å². The SMILES string of the molecule is CC(=O)/C(N=O)=C(/O)CC(C)C. The Balaban J connectivity index is 4.60. The number of rotatable bonds is 4. The molecule has 68 valence electrons. The van der Waals surface area contributed by atoms with Crippen LogP contribution in [0.1, 0.15) is 27.2 Å². The minimum Gasteiger partial charge on any atom is -0.510 e. The van der Waals surface area contributed by atoms with Crippen molar-refractivity contribution in [1.82, 2.24) is 0 Å². The van der Waals surface area contributed by atoms with Crippen LogP contribution in [0.15, 0.2) is 16.6 Å². The molecule has 0 aromatic heterocycles. The van der Waals surface area contributed by atoms with Crippen molar-refractivity contribution >= 4 is 5.78 Å². The average Bonchev–Trinajstić information content (AvgIpc) is 1.85. The van der Waals surface area contributed by atoms with E-state index in [-0.39, 0.29) is 17.4 Å². The average molecular weight is 171 g/mol. The summed E-state index contributed by atoms with van der Waals surface area (Å²) in [5.74, 6) is -0.517. The highest BCUT2D eigenvalue weighted by molar-refractivity contribution is 5.93. The topological polar surface area (TPSA) is 66.7 Å². The molecule has 0 aromatic rings. The molecule has 0 saturated carbocycles. The van der Waals surface area contributed by atoms with Crippen molar-refractivity contribution in [2.75, 3.05) is 0 Å². The van der Waals surface area contributed by atoms with Crippen LogP contribution in [-0.4, -0.2) is 10.9 Å². The predicted molar refractivity (Wildman–Crippen MR) is 45.6 cm³/mol. The minimum atomic E-state index is -0.497. The number of hydrogen-bond acceptors (Lipinski definition) is 4. The van der Waals surface area contributed by atoms with Crippen LogP contribution in [0.3, 0.4) is 0 Å². The van der Waals surface area contributed by atoms with E-state index in [4.69, 9.17) is 0 Å². The van der Waals surface area contributed by atoms with E-state index >= 15 is 0 Å². The van der Waals surface area contributed by atoms with E-state index in [1.54, 1.807) is 0 Å². The van der Waals surface area contributed by atoms with Crippen LogP contribution in [0.5, 0.6) is 0 Å². The molecule has 0 aliphatic heterocycles. The summed E-state index contributed by atoms with van der Waals surface area (Å²) in [5.41, 5.74) is -0.358. The number of carbonyl (C=O) groups excluding carboxylic acids is 1. The molecular weight excluding hydrogens is 158 g/mol. The van der Waals surface area contributed by atoms with Crippen LogP contribution in [0.4, 0.5) is 0 Å². The third-order valence-electron chi connectivity index (χ3n) is 1.30. The second-order valence-corrected chi connectivity index (χ2v) is 3.04. The molecule has 12 heavy (non-hydrogen) atoms. The molecule has 0 spiro atoms. The van der Waals surface area contributed by atoms with E-state index in [1.165, 1.54) is 6.92 Å². The summed E-state index contributed by atoms with van der Waals surface area (Å²) in [6, 6.07) is 0. The van der Waals surface area contributed by atoms with Gasteiger partial charge in [-0.05, 0) is 11.1 Å². The lowest BCUT2D eigenvalue weighted by molar-refractivity contribution is -0.113. The first-order chi connectivity index (χ1) is 5.49. The summed E-state index contributed by atoms with van der Waals surface area (Å²) < 4.78 is 0. The van der Waals surface area contributed by atoms with Gasteiger partial charge in [0, 0.05) is 13.3 Å². The van der Waals surface area contributed by atoms with Crippen LogP contribution in [0, 0.1) is 10.8 Å². The first-order valence-electron chi connectivity index (χ1n) is 3.75. The Bertz CT molecular complexity index is 218. The zero-order valence-electron chi connectivity index (χ0n) is 7.50. The largest absolute Gasteiger partial charge is 0.510 e. The Morgan fingerprint density at radius 1 is 1.50 bits per heavy atom. The third-order valence-corrected chi connectivity index (χ3v) is 1.30. The van der Waals surface area contributed by atoms with Crippen LogP contribution in [0.2, 0.25) is 0 Å². The molecule has 0 heterocycles. The zero-order valence-corrected chi connectivity index (χ0v) is 7.50. The van der Waals surface area contributed by atoms with Crippen molar-refractivity contribution in [2.24, 2.45) is 11.1 Å². The minimum absolute atomic E-state index is 0.195. The second-order valence-electron chi connectivity index (χ2n) is 3.04. The third kappa shape index (κ3) is 3.27. The number of aliphatic hydroxyl groups is 1. The normalized spacial score (nSPS) is 12.7. The van der Waals surface area contributed by atoms with Gasteiger partial charge in [-0.25, -0.2) is 0 Å². The number of ketones is 1. The molecule has 0 aromatic carbocycles. The van der Waals surface area contributed by atoms with E-state index in [9.17, 15) is 14.8 Å². The number of hydrogen-bond donors (Lipinski definition) is 1. The van der Waals surface area contributed by atoms with Crippen molar-refractivity contribution in [1.29, 1.82) is 0 Å². The Hall–Kier alpha value is -1.19. The van der Waals surface area contributed by atoms with Crippen molar-refractivity contribution in [3.05, 3.63) is 16.4 Å². The van der Waals surface area contributed by atoms with Crippen LogP contribution >= 0.6 is 0 Å². The van der Waals surface area contributed by atoms with Gasteiger partial charge in [0.25, 0.3) is 0 Å². The summed E-state index contributed by atoms with van der Waals surface area (Å²) >= 11 is 0. The lowest BCUT2D eigenvalue weighted by Crippen LogP contribution is -2.01. The van der Waals surface area contributed by atoms with Gasteiger partial charge in [0.2, 0.25) is 0 Å². The molecule has 0 bridgehead atoms. The number of nitrogens with zero attached hydrogens (tertiary/aromatic N) is 1. The maximum absolute atomic E-state index is 10.7. The zero-order chi connectivity index (χ0) is 9.72. The fourth-order valence-electron chi connectivity index (χ4n) is 0.804. The number of nitroso groups, excluding NO2 is 1. The molecule has 0 unspecified atom stereocenters. The summed E-state index contributed by atoms with van der Waals surface area (Å²) in [6.45, 7) is 4.95. The maximum Gasteiger partial charge on any atom is 0.187 e. The van der Waals surface area contributed by atoms with Gasteiger partial charge < -0.3 is 5.11 Å². The fourth-order valence-corrected chi connectivity index (χ4v) is 0.804. The molecule has 4 nitrogen and oxygen atoms in total. The standard InChI is InChI=1S/C8H13NO3/c1-5(2)4-7(11)8(9-12)6(3)10/h5,11H,4H2,1-3H3/b8-7-. The van der Waals surface area contributed by atoms with Gasteiger partial charge >= 0.3 is 0 Å². The molecule has 0 amide bonds. The smallest absolute Gasteiger partial charge is 0.187 e. The molecule has 0 aliphatic rings. The highest BCUT2D eigenvalue weighted by atomic mass is 16.3. The molecule has 0 saturated heterocycles. The lowest BCUT2D eigenvalue weighted by atomic mass is 10.1. The highest BCUT2D eigenvalue weighted by Gasteiger charge is 2.12. The van der Waals surface area contributed by atoms with E-state index in [2.05, 4.69) is 5.18 Å². The molecule has 4 heteroatoms. The van der Waals surface area contributed by atoms with Crippen molar-refractivity contribution in [3.8, 4) is 0 Å². The van der Waals surface area contributed by atoms with E-state index in [0.717, 1.165) is 0 Å². The molecule has 0 fully saturated rings.